The molecule has 1 unspecified atom stereocenters. The maximum absolute atomic E-state index is 12.7. The van der Waals surface area contributed by atoms with Gasteiger partial charge in [0.05, 0.1) is 13.2 Å². The first kappa shape index (κ1) is 18.7. The van der Waals surface area contributed by atoms with E-state index < -0.39 is 17.5 Å². The first-order valence-electron chi connectivity index (χ1n) is 8.50. The number of nitrogens with one attached hydrogen (secondary N) is 2. The molecule has 0 spiro atoms. The van der Waals surface area contributed by atoms with E-state index in [-0.39, 0.29) is 12.1 Å². The number of hydrogen-bond donors (Lipinski definition) is 2. The number of amides is 3. The summed E-state index contributed by atoms with van der Waals surface area (Å²) in [5.41, 5.74) is -0.725. The molecule has 142 valence electrons. The van der Waals surface area contributed by atoms with E-state index in [1.807, 2.05) is 0 Å². The van der Waals surface area contributed by atoms with Crippen LogP contribution in [0.3, 0.4) is 0 Å². The Morgan fingerprint density at radius 1 is 1.37 bits per heavy atom. The minimum Gasteiger partial charge on any atom is -0.493 e. The van der Waals surface area contributed by atoms with Crippen LogP contribution in [0.2, 0.25) is 0 Å². The fraction of sp³-hybridized carbons (Fsp3) is 0.316. The van der Waals surface area contributed by atoms with Crippen molar-refractivity contribution in [3.63, 3.8) is 0 Å². The van der Waals surface area contributed by atoms with Gasteiger partial charge < -0.3 is 19.4 Å². The van der Waals surface area contributed by atoms with E-state index >= 15 is 0 Å². The molecule has 8 nitrogen and oxygen atoms in total. The molecule has 1 aromatic rings. The summed E-state index contributed by atoms with van der Waals surface area (Å²) in [6.07, 6.45) is 6.37. The molecular weight excluding hydrogens is 350 g/mol. The van der Waals surface area contributed by atoms with Gasteiger partial charge in [-0.25, -0.2) is 4.79 Å². The summed E-state index contributed by atoms with van der Waals surface area (Å²) in [6.45, 7) is 6.68. The monoisotopic (exact) mass is 371 g/mol. The second-order valence-corrected chi connectivity index (χ2v) is 6.30. The molecule has 0 radical (unpaired) electrons. The van der Waals surface area contributed by atoms with Gasteiger partial charge in [0, 0.05) is 11.8 Å². The standard InChI is InChI=1S/C19H21N3O5/c1-3-14(6-7-15-11-26-9-10-27-15)19(17(24)20-18(25)21-19)12-22-8-4-5-13(2)16(22)23/h3-8H,1,9-12H2,2H3,(H2,20,21,24,25)/b14-6+,15-7+. The zero-order valence-corrected chi connectivity index (χ0v) is 15.0. The van der Waals surface area contributed by atoms with Crippen LogP contribution in [0.1, 0.15) is 5.56 Å². The Labute approximate surface area is 156 Å². The lowest BCUT2D eigenvalue weighted by molar-refractivity contribution is -0.123. The summed E-state index contributed by atoms with van der Waals surface area (Å²) in [4.78, 5) is 37.0. The van der Waals surface area contributed by atoms with Crippen molar-refractivity contribution in [2.75, 3.05) is 19.8 Å². The lowest BCUT2D eigenvalue weighted by Crippen LogP contribution is -2.53. The zero-order valence-electron chi connectivity index (χ0n) is 15.0. The van der Waals surface area contributed by atoms with Gasteiger partial charge in [0.25, 0.3) is 11.5 Å². The quantitative estimate of drug-likeness (QED) is 0.589. The fourth-order valence-corrected chi connectivity index (χ4v) is 3.04. The predicted molar refractivity (Wildman–Crippen MR) is 98.0 cm³/mol. The summed E-state index contributed by atoms with van der Waals surface area (Å²) in [5.74, 6) is 0.0551. The highest BCUT2D eigenvalue weighted by Gasteiger charge is 2.48. The van der Waals surface area contributed by atoms with Crippen LogP contribution in [-0.2, 0) is 20.8 Å². The molecule has 8 heteroatoms. The maximum Gasteiger partial charge on any atom is 0.322 e. The molecule has 2 aliphatic heterocycles. The third-order valence-electron chi connectivity index (χ3n) is 4.48. The van der Waals surface area contributed by atoms with Crippen LogP contribution >= 0.6 is 0 Å². The van der Waals surface area contributed by atoms with Crippen molar-refractivity contribution in [1.29, 1.82) is 0 Å². The number of pyridine rings is 1. The van der Waals surface area contributed by atoms with Gasteiger partial charge in [-0.3, -0.25) is 14.9 Å². The van der Waals surface area contributed by atoms with Crippen LogP contribution in [0, 0.1) is 6.92 Å². The smallest absolute Gasteiger partial charge is 0.322 e. The highest BCUT2D eigenvalue weighted by molar-refractivity contribution is 6.09. The van der Waals surface area contributed by atoms with E-state index in [2.05, 4.69) is 17.2 Å². The molecular formula is C19H21N3O5. The average Bonchev–Trinajstić information content (AvgIpc) is 2.94. The number of carbonyl (C=O) groups excluding carboxylic acids is 2. The number of allylic oxidation sites excluding steroid dienone is 2. The number of urea groups is 1. The van der Waals surface area contributed by atoms with E-state index in [4.69, 9.17) is 9.47 Å². The van der Waals surface area contributed by atoms with E-state index in [1.54, 1.807) is 37.4 Å². The third-order valence-corrected chi connectivity index (χ3v) is 4.48. The summed E-state index contributed by atoms with van der Waals surface area (Å²) in [6, 6.07) is 2.78. The Balaban J connectivity index is 2.03. The van der Waals surface area contributed by atoms with Gasteiger partial charge in [0.15, 0.2) is 5.54 Å². The highest BCUT2D eigenvalue weighted by Crippen LogP contribution is 2.25. The Morgan fingerprint density at radius 3 is 2.81 bits per heavy atom. The number of imide groups is 1. The van der Waals surface area contributed by atoms with Crippen molar-refractivity contribution in [3.05, 3.63) is 70.4 Å². The van der Waals surface area contributed by atoms with Gasteiger partial charge in [0.2, 0.25) is 0 Å². The van der Waals surface area contributed by atoms with Gasteiger partial charge >= 0.3 is 6.03 Å². The van der Waals surface area contributed by atoms with Gasteiger partial charge in [0.1, 0.15) is 19.0 Å². The second kappa shape index (κ2) is 7.63. The normalized spacial score (nSPS) is 24.3. The maximum atomic E-state index is 12.7. The molecule has 2 saturated heterocycles. The Hall–Kier alpha value is -3.13. The summed E-state index contributed by atoms with van der Waals surface area (Å²) in [5, 5.41) is 4.90. The SMILES string of the molecule is C=C/C(=C\C=C1/COCCO1)C1(Cn2cccc(C)c2=O)NC(=O)NC1=O. The fourth-order valence-electron chi connectivity index (χ4n) is 3.04. The molecule has 3 heterocycles. The predicted octanol–water partition coefficient (Wildman–Crippen LogP) is 0.778. The first-order chi connectivity index (χ1) is 13.0. The van der Waals surface area contributed by atoms with Crippen LogP contribution < -0.4 is 16.2 Å². The van der Waals surface area contributed by atoms with E-state index in [0.29, 0.717) is 36.7 Å². The molecule has 0 bridgehead atoms. The third kappa shape index (κ3) is 3.70. The largest absolute Gasteiger partial charge is 0.493 e. The lowest BCUT2D eigenvalue weighted by atomic mass is 9.88. The summed E-state index contributed by atoms with van der Waals surface area (Å²) >= 11 is 0. The first-order valence-corrected chi connectivity index (χ1v) is 8.50. The Kier molecular flexibility index (Phi) is 5.27. The Bertz CT molecular complexity index is 891. The minimum absolute atomic E-state index is 0.0660. The number of aromatic nitrogens is 1. The molecule has 27 heavy (non-hydrogen) atoms. The van der Waals surface area contributed by atoms with Crippen LogP contribution in [0.4, 0.5) is 4.79 Å². The van der Waals surface area contributed by atoms with Crippen LogP contribution in [0.5, 0.6) is 0 Å². The molecule has 2 N–H and O–H groups in total. The van der Waals surface area contributed by atoms with Crippen molar-refractivity contribution in [2.24, 2.45) is 0 Å². The van der Waals surface area contributed by atoms with Crippen LogP contribution in [0.25, 0.3) is 0 Å². The minimum atomic E-state index is -1.46. The summed E-state index contributed by atoms with van der Waals surface area (Å²) < 4.78 is 12.2. The number of rotatable bonds is 5. The van der Waals surface area contributed by atoms with E-state index in [0.717, 1.165) is 0 Å². The van der Waals surface area contributed by atoms with Crippen molar-refractivity contribution in [2.45, 2.75) is 19.0 Å². The Morgan fingerprint density at radius 2 is 2.19 bits per heavy atom. The van der Waals surface area contributed by atoms with Crippen molar-refractivity contribution in [1.82, 2.24) is 15.2 Å². The van der Waals surface area contributed by atoms with Crippen molar-refractivity contribution < 1.29 is 19.1 Å². The van der Waals surface area contributed by atoms with Gasteiger partial charge in [-0.05, 0) is 24.6 Å². The molecule has 1 aromatic heterocycles. The molecule has 2 fully saturated rings. The average molecular weight is 371 g/mol. The lowest BCUT2D eigenvalue weighted by Gasteiger charge is -2.28. The number of hydrogen-bond acceptors (Lipinski definition) is 5. The molecule has 1 atom stereocenters. The second-order valence-electron chi connectivity index (χ2n) is 6.30. The molecule has 0 aromatic carbocycles. The van der Waals surface area contributed by atoms with Crippen LogP contribution in [-0.4, -0.2) is 41.9 Å². The molecule has 3 amide bonds. The van der Waals surface area contributed by atoms with Gasteiger partial charge in [-0.15, -0.1) is 0 Å². The van der Waals surface area contributed by atoms with Gasteiger partial charge in [-0.1, -0.05) is 24.8 Å². The highest BCUT2D eigenvalue weighted by atomic mass is 16.6. The molecule has 0 saturated carbocycles. The topological polar surface area (TPSA) is 98.7 Å². The van der Waals surface area contributed by atoms with E-state index in [1.165, 1.54) is 10.6 Å². The molecule has 0 aliphatic carbocycles. The molecule has 3 rings (SSSR count). The zero-order chi connectivity index (χ0) is 19.4. The van der Waals surface area contributed by atoms with Gasteiger partial charge in [-0.2, -0.15) is 0 Å². The number of carbonyl (C=O) groups is 2. The summed E-state index contributed by atoms with van der Waals surface area (Å²) in [7, 11) is 0. The molecule has 2 aliphatic rings. The van der Waals surface area contributed by atoms with Crippen molar-refractivity contribution >= 4 is 11.9 Å². The number of nitrogens with zero attached hydrogens (tertiary/aromatic N) is 1. The van der Waals surface area contributed by atoms with E-state index in [9.17, 15) is 14.4 Å². The number of aryl methyl sites for hydroxylation is 1. The van der Waals surface area contributed by atoms with Crippen LogP contribution in [0.15, 0.2) is 59.3 Å². The number of ether oxygens (including phenoxy) is 2. The van der Waals surface area contributed by atoms with Crippen molar-refractivity contribution in [3.8, 4) is 0 Å².